The van der Waals surface area contributed by atoms with Crippen LogP contribution >= 0.6 is 0 Å². The molecule has 3 aromatic rings. The zero-order valence-electron chi connectivity index (χ0n) is 17.7. The third-order valence-corrected chi connectivity index (χ3v) is 4.61. The summed E-state index contributed by atoms with van der Waals surface area (Å²) in [7, 11) is 1.38. The number of carbonyl (C=O) groups excluding carboxylic acids is 3. The number of esters is 1. The van der Waals surface area contributed by atoms with Gasteiger partial charge < -0.3 is 20.1 Å². The summed E-state index contributed by atoms with van der Waals surface area (Å²) >= 11 is 0. The molecule has 1 atom stereocenters. The molecule has 8 nitrogen and oxygen atoms in total. The lowest BCUT2D eigenvalue weighted by Gasteiger charge is -2.16. The van der Waals surface area contributed by atoms with E-state index in [-0.39, 0.29) is 23.4 Å². The molecule has 2 amide bonds. The summed E-state index contributed by atoms with van der Waals surface area (Å²) in [6, 6.07) is 19.0. The Kier molecular flexibility index (Phi) is 7.53. The second-order valence-electron chi connectivity index (χ2n) is 6.84. The van der Waals surface area contributed by atoms with Crippen molar-refractivity contribution in [2.45, 2.75) is 13.0 Å². The molecular formula is C24H23N3O5. The molecule has 0 saturated heterocycles. The monoisotopic (exact) mass is 433 g/mol. The highest BCUT2D eigenvalue weighted by atomic mass is 16.5. The molecule has 0 saturated carbocycles. The number of benzene rings is 2. The van der Waals surface area contributed by atoms with Crippen LogP contribution in [0.25, 0.3) is 0 Å². The predicted octanol–water partition coefficient (Wildman–Crippen LogP) is 3.38. The van der Waals surface area contributed by atoms with Gasteiger partial charge in [-0.05, 0) is 36.8 Å². The quantitative estimate of drug-likeness (QED) is 0.528. The van der Waals surface area contributed by atoms with Gasteiger partial charge in [0.1, 0.15) is 5.56 Å². The highest BCUT2D eigenvalue weighted by molar-refractivity contribution is 6.04. The van der Waals surface area contributed by atoms with E-state index in [1.54, 1.807) is 30.3 Å². The third-order valence-electron chi connectivity index (χ3n) is 4.61. The minimum Gasteiger partial charge on any atom is -0.480 e. The Bertz CT molecular complexity index is 1100. The molecule has 1 heterocycles. The number of hydrogen-bond donors (Lipinski definition) is 2. The van der Waals surface area contributed by atoms with Crippen LogP contribution in [0.15, 0.2) is 72.9 Å². The third kappa shape index (κ3) is 5.69. The first-order valence-corrected chi connectivity index (χ1v) is 9.90. The van der Waals surface area contributed by atoms with Crippen LogP contribution in [0.1, 0.15) is 39.2 Å². The summed E-state index contributed by atoms with van der Waals surface area (Å²) in [5.41, 5.74) is 1.67. The highest BCUT2D eigenvalue weighted by Gasteiger charge is 2.18. The van der Waals surface area contributed by atoms with E-state index in [0.717, 1.165) is 5.56 Å². The Morgan fingerprint density at radius 3 is 2.38 bits per heavy atom. The van der Waals surface area contributed by atoms with Gasteiger partial charge in [0.15, 0.2) is 6.61 Å². The molecule has 0 bridgehead atoms. The van der Waals surface area contributed by atoms with E-state index < -0.39 is 18.5 Å². The lowest BCUT2D eigenvalue weighted by Crippen LogP contribution is -2.28. The van der Waals surface area contributed by atoms with E-state index in [4.69, 9.17) is 9.47 Å². The number of ether oxygens (including phenoxy) is 2. The summed E-state index contributed by atoms with van der Waals surface area (Å²) in [5, 5.41) is 5.53. The predicted molar refractivity (Wildman–Crippen MR) is 118 cm³/mol. The van der Waals surface area contributed by atoms with Gasteiger partial charge in [-0.3, -0.25) is 9.59 Å². The van der Waals surface area contributed by atoms with E-state index >= 15 is 0 Å². The number of aromatic nitrogens is 1. The van der Waals surface area contributed by atoms with Gasteiger partial charge in [0.05, 0.1) is 24.4 Å². The van der Waals surface area contributed by atoms with E-state index in [9.17, 15) is 14.4 Å². The van der Waals surface area contributed by atoms with Gasteiger partial charge in [-0.2, -0.15) is 0 Å². The number of carbonyl (C=O) groups is 3. The number of rotatable bonds is 8. The molecule has 32 heavy (non-hydrogen) atoms. The smallest absolute Gasteiger partial charge is 0.344 e. The minimum atomic E-state index is -0.743. The fraction of sp³-hybridized carbons (Fsp3) is 0.167. The Hall–Kier alpha value is -4.20. The van der Waals surface area contributed by atoms with Crippen molar-refractivity contribution in [2.75, 3.05) is 19.0 Å². The van der Waals surface area contributed by atoms with E-state index in [2.05, 4.69) is 15.6 Å². The summed E-state index contributed by atoms with van der Waals surface area (Å²) in [4.78, 5) is 41.3. The lowest BCUT2D eigenvalue weighted by molar-refractivity contribution is -0.119. The van der Waals surface area contributed by atoms with Gasteiger partial charge in [0.2, 0.25) is 5.88 Å². The summed E-state index contributed by atoms with van der Waals surface area (Å²) in [6.07, 6.45) is 1.48. The molecule has 0 fully saturated rings. The Morgan fingerprint density at radius 2 is 1.62 bits per heavy atom. The zero-order valence-corrected chi connectivity index (χ0v) is 17.7. The van der Waals surface area contributed by atoms with Crippen LogP contribution < -0.4 is 15.4 Å². The van der Waals surface area contributed by atoms with Crippen LogP contribution in [0.2, 0.25) is 0 Å². The maximum atomic E-state index is 12.8. The normalized spacial score (nSPS) is 11.2. The molecular weight excluding hydrogens is 410 g/mol. The molecule has 1 unspecified atom stereocenters. The van der Waals surface area contributed by atoms with Crippen LogP contribution in [-0.2, 0) is 9.53 Å². The van der Waals surface area contributed by atoms with Crippen molar-refractivity contribution in [3.8, 4) is 5.88 Å². The Balaban J connectivity index is 1.62. The standard InChI is InChI=1S/C24H23N3O5/c1-16(17-9-4-3-5-10-17)26-22(29)18-11-6-7-13-20(18)27-21(28)15-32-24(30)19-12-8-14-25-23(19)31-2/h3-14,16H,15H2,1-2H3,(H,26,29)(H,27,28). The molecule has 2 aromatic carbocycles. The van der Waals surface area contributed by atoms with Crippen molar-refractivity contribution in [1.29, 1.82) is 0 Å². The van der Waals surface area contributed by atoms with Crippen molar-refractivity contribution in [1.82, 2.24) is 10.3 Å². The fourth-order valence-corrected chi connectivity index (χ4v) is 2.99. The van der Waals surface area contributed by atoms with Crippen LogP contribution in [0.3, 0.4) is 0 Å². The lowest BCUT2D eigenvalue weighted by atomic mass is 10.1. The van der Waals surface area contributed by atoms with Gasteiger partial charge in [0.25, 0.3) is 11.8 Å². The Morgan fingerprint density at radius 1 is 0.938 bits per heavy atom. The second kappa shape index (κ2) is 10.7. The van der Waals surface area contributed by atoms with Gasteiger partial charge >= 0.3 is 5.97 Å². The van der Waals surface area contributed by atoms with Gasteiger partial charge in [-0.15, -0.1) is 0 Å². The highest BCUT2D eigenvalue weighted by Crippen LogP contribution is 2.18. The van der Waals surface area contributed by atoms with Crippen LogP contribution in [0.5, 0.6) is 5.88 Å². The van der Waals surface area contributed by atoms with Crippen molar-refractivity contribution < 1.29 is 23.9 Å². The van der Waals surface area contributed by atoms with Gasteiger partial charge in [-0.1, -0.05) is 42.5 Å². The average molecular weight is 433 g/mol. The molecule has 3 rings (SSSR count). The van der Waals surface area contributed by atoms with Crippen LogP contribution in [0.4, 0.5) is 5.69 Å². The molecule has 0 aliphatic heterocycles. The van der Waals surface area contributed by atoms with Crippen molar-refractivity contribution in [2.24, 2.45) is 0 Å². The topological polar surface area (TPSA) is 107 Å². The maximum absolute atomic E-state index is 12.8. The van der Waals surface area contributed by atoms with Gasteiger partial charge in [-0.25, -0.2) is 9.78 Å². The number of anilines is 1. The maximum Gasteiger partial charge on any atom is 0.344 e. The largest absolute Gasteiger partial charge is 0.480 e. The van der Waals surface area contributed by atoms with Crippen molar-refractivity contribution in [3.05, 3.63) is 89.6 Å². The minimum absolute atomic E-state index is 0.104. The van der Waals surface area contributed by atoms with Crippen LogP contribution in [-0.4, -0.2) is 36.5 Å². The zero-order chi connectivity index (χ0) is 22.9. The van der Waals surface area contributed by atoms with E-state index in [1.165, 1.54) is 19.4 Å². The number of para-hydroxylation sites is 1. The molecule has 0 aliphatic carbocycles. The first-order valence-electron chi connectivity index (χ1n) is 9.90. The summed E-state index contributed by atoms with van der Waals surface area (Å²) < 4.78 is 10.1. The molecule has 1 aromatic heterocycles. The van der Waals surface area contributed by atoms with Crippen LogP contribution in [0, 0.1) is 0 Å². The van der Waals surface area contributed by atoms with Gasteiger partial charge in [0, 0.05) is 6.20 Å². The van der Waals surface area contributed by atoms with E-state index in [1.807, 2.05) is 37.3 Å². The first-order chi connectivity index (χ1) is 15.5. The number of nitrogens with zero attached hydrogens (tertiary/aromatic N) is 1. The second-order valence-corrected chi connectivity index (χ2v) is 6.84. The SMILES string of the molecule is COc1ncccc1C(=O)OCC(=O)Nc1ccccc1C(=O)NC(C)c1ccccc1. The average Bonchev–Trinajstić information content (AvgIpc) is 2.83. The molecule has 2 N–H and O–H groups in total. The summed E-state index contributed by atoms with van der Waals surface area (Å²) in [5.74, 6) is -1.56. The number of hydrogen-bond acceptors (Lipinski definition) is 6. The Labute approximate surface area is 185 Å². The first kappa shape index (κ1) is 22.5. The van der Waals surface area contributed by atoms with Crippen molar-refractivity contribution in [3.63, 3.8) is 0 Å². The molecule has 8 heteroatoms. The molecule has 164 valence electrons. The molecule has 0 radical (unpaired) electrons. The fourth-order valence-electron chi connectivity index (χ4n) is 2.99. The molecule has 0 aliphatic rings. The number of methoxy groups -OCH3 is 1. The number of amides is 2. The summed E-state index contributed by atoms with van der Waals surface area (Å²) in [6.45, 7) is 1.34. The number of nitrogens with one attached hydrogen (secondary N) is 2. The number of pyridine rings is 1. The molecule has 0 spiro atoms. The van der Waals surface area contributed by atoms with Crippen molar-refractivity contribution >= 4 is 23.5 Å². The van der Waals surface area contributed by atoms with E-state index in [0.29, 0.717) is 11.3 Å².